The summed E-state index contributed by atoms with van der Waals surface area (Å²) in [6, 6.07) is -0.397. The maximum absolute atomic E-state index is 11.4. The molecule has 0 atom stereocenters. The number of urea groups is 1. The molecule has 0 aromatic heterocycles. The van der Waals surface area contributed by atoms with Gasteiger partial charge in [0.2, 0.25) is 5.91 Å². The summed E-state index contributed by atoms with van der Waals surface area (Å²) in [7, 11) is 0. The summed E-state index contributed by atoms with van der Waals surface area (Å²) in [5, 5.41) is 5.12. The number of amides is 3. The molecule has 5 heteroatoms. The highest BCUT2D eigenvalue weighted by molar-refractivity contribution is 6.19. The van der Waals surface area contributed by atoms with Crippen molar-refractivity contribution in [2.24, 2.45) is 0 Å². The topological polar surface area (TPSA) is 58.2 Å². The lowest BCUT2D eigenvalue weighted by atomic mass is 9.75. The van der Waals surface area contributed by atoms with Crippen LogP contribution >= 0.6 is 11.6 Å². The molecule has 0 aromatic rings. The van der Waals surface area contributed by atoms with Crippen LogP contribution in [0.2, 0.25) is 0 Å². The molecule has 0 bridgehead atoms. The second-order valence-corrected chi connectivity index (χ2v) is 4.31. The molecule has 0 heterocycles. The predicted molar refractivity (Wildman–Crippen MR) is 58.9 cm³/mol. The zero-order valence-electron chi connectivity index (χ0n) is 8.94. The first kappa shape index (κ1) is 12.3. The Morgan fingerprint density at radius 2 is 2.07 bits per heavy atom. The molecule has 86 valence electrons. The van der Waals surface area contributed by atoms with E-state index in [1.165, 1.54) is 0 Å². The number of halogens is 1. The van der Waals surface area contributed by atoms with Crippen LogP contribution in [0.15, 0.2) is 0 Å². The van der Waals surface area contributed by atoms with E-state index in [1.54, 1.807) is 0 Å². The normalized spacial score (nSPS) is 17.7. The summed E-state index contributed by atoms with van der Waals surface area (Å²) >= 11 is 5.39. The lowest BCUT2D eigenvalue weighted by molar-refractivity contribution is -0.119. The van der Waals surface area contributed by atoms with Gasteiger partial charge in [0.05, 0.1) is 0 Å². The number of nitrogens with one attached hydrogen (secondary N) is 2. The van der Waals surface area contributed by atoms with Crippen molar-refractivity contribution in [3.8, 4) is 0 Å². The highest BCUT2D eigenvalue weighted by atomic mass is 35.5. The van der Waals surface area contributed by atoms with Gasteiger partial charge in [-0.25, -0.2) is 4.79 Å². The molecule has 0 aliphatic heterocycles. The van der Waals surface area contributed by atoms with Gasteiger partial charge >= 0.3 is 6.03 Å². The van der Waals surface area contributed by atoms with E-state index in [4.69, 9.17) is 11.6 Å². The monoisotopic (exact) mass is 232 g/mol. The Labute approximate surface area is 94.7 Å². The van der Waals surface area contributed by atoms with Gasteiger partial charge in [0.1, 0.15) is 0 Å². The fourth-order valence-electron chi connectivity index (χ4n) is 1.72. The van der Waals surface area contributed by atoms with Gasteiger partial charge in [-0.05, 0) is 25.7 Å². The summed E-state index contributed by atoms with van der Waals surface area (Å²) in [4.78, 5) is 22.5. The Balaban J connectivity index is 2.32. The molecule has 3 amide bonds. The molecule has 0 unspecified atom stereocenters. The van der Waals surface area contributed by atoms with Gasteiger partial charge in [-0.3, -0.25) is 10.1 Å². The molecular weight excluding hydrogens is 216 g/mol. The Kier molecular flexibility index (Phi) is 4.39. The van der Waals surface area contributed by atoms with E-state index in [-0.39, 0.29) is 23.7 Å². The third-order valence-electron chi connectivity index (χ3n) is 2.94. The van der Waals surface area contributed by atoms with E-state index in [1.807, 2.05) is 6.92 Å². The van der Waals surface area contributed by atoms with Crippen molar-refractivity contribution in [3.05, 3.63) is 0 Å². The van der Waals surface area contributed by atoms with Gasteiger partial charge in [0, 0.05) is 17.8 Å². The Morgan fingerprint density at radius 1 is 1.40 bits per heavy atom. The van der Waals surface area contributed by atoms with E-state index in [9.17, 15) is 9.59 Å². The predicted octanol–water partition coefficient (Wildman–Crippen LogP) is 1.77. The number of alkyl halides is 1. The fraction of sp³-hybridized carbons (Fsp3) is 0.800. The molecule has 1 saturated carbocycles. The lowest BCUT2D eigenvalue weighted by Crippen LogP contribution is -2.56. The summed E-state index contributed by atoms with van der Waals surface area (Å²) < 4.78 is 0. The third kappa shape index (κ3) is 3.38. The highest BCUT2D eigenvalue weighted by Crippen LogP contribution is 2.34. The molecule has 0 aromatic carbocycles. The first-order chi connectivity index (χ1) is 7.12. The molecule has 15 heavy (non-hydrogen) atoms. The number of hydrogen-bond donors (Lipinski definition) is 2. The molecule has 1 rings (SSSR count). The molecule has 1 aliphatic carbocycles. The minimum Gasteiger partial charge on any atom is -0.332 e. The summed E-state index contributed by atoms with van der Waals surface area (Å²) in [5.74, 6) is -0.0917. The molecular formula is C10H17ClN2O2. The molecule has 0 spiro atoms. The maximum Gasteiger partial charge on any atom is 0.321 e. The SMILES string of the molecule is CCC1(NC(=O)NC(=O)CCCl)CCC1. The van der Waals surface area contributed by atoms with Gasteiger partial charge in [-0.2, -0.15) is 0 Å². The lowest BCUT2D eigenvalue weighted by Gasteiger charge is -2.41. The third-order valence-corrected chi connectivity index (χ3v) is 3.13. The smallest absolute Gasteiger partial charge is 0.321 e. The van der Waals surface area contributed by atoms with Crippen molar-refractivity contribution in [3.63, 3.8) is 0 Å². The summed E-state index contributed by atoms with van der Waals surface area (Å²) in [6.07, 6.45) is 4.23. The standard InChI is InChI=1S/C10H17ClN2O2/c1-2-10(5-3-6-10)13-9(15)12-8(14)4-7-11/h2-7H2,1H3,(H2,12,13,14,15). The van der Waals surface area contributed by atoms with Crippen LogP contribution in [0.5, 0.6) is 0 Å². The number of rotatable bonds is 4. The van der Waals surface area contributed by atoms with E-state index < -0.39 is 6.03 Å². The van der Waals surface area contributed by atoms with Crippen LogP contribution in [-0.2, 0) is 4.79 Å². The van der Waals surface area contributed by atoms with E-state index in [0.717, 1.165) is 25.7 Å². The molecule has 2 N–H and O–H groups in total. The number of carbonyl (C=O) groups excluding carboxylic acids is 2. The Bertz CT molecular complexity index is 246. The van der Waals surface area contributed by atoms with E-state index in [0.29, 0.717) is 0 Å². The van der Waals surface area contributed by atoms with Crippen LogP contribution in [0.1, 0.15) is 39.0 Å². The zero-order valence-corrected chi connectivity index (χ0v) is 9.69. The first-order valence-electron chi connectivity index (χ1n) is 5.30. The van der Waals surface area contributed by atoms with Gasteiger partial charge in [-0.1, -0.05) is 6.92 Å². The number of imide groups is 1. The van der Waals surface area contributed by atoms with Crippen LogP contribution in [-0.4, -0.2) is 23.4 Å². The van der Waals surface area contributed by atoms with Gasteiger partial charge < -0.3 is 5.32 Å². The van der Waals surface area contributed by atoms with Crippen molar-refractivity contribution in [2.75, 3.05) is 5.88 Å². The van der Waals surface area contributed by atoms with Crippen LogP contribution in [0.25, 0.3) is 0 Å². The van der Waals surface area contributed by atoms with Crippen LogP contribution in [0, 0.1) is 0 Å². The van der Waals surface area contributed by atoms with Gasteiger partial charge in [-0.15, -0.1) is 11.6 Å². The number of hydrogen-bond acceptors (Lipinski definition) is 2. The van der Waals surface area contributed by atoms with Crippen molar-refractivity contribution in [1.82, 2.24) is 10.6 Å². The van der Waals surface area contributed by atoms with Crippen LogP contribution in [0.4, 0.5) is 4.79 Å². The number of carbonyl (C=O) groups is 2. The molecule has 1 aliphatic rings. The summed E-state index contributed by atoms with van der Waals surface area (Å²) in [5.41, 5.74) is -0.0780. The Hall–Kier alpha value is -0.770. The minimum atomic E-state index is -0.397. The van der Waals surface area contributed by atoms with Gasteiger partial charge in [0.15, 0.2) is 0 Å². The van der Waals surface area contributed by atoms with E-state index >= 15 is 0 Å². The fourth-order valence-corrected chi connectivity index (χ4v) is 1.89. The van der Waals surface area contributed by atoms with Crippen LogP contribution < -0.4 is 10.6 Å². The quantitative estimate of drug-likeness (QED) is 0.726. The van der Waals surface area contributed by atoms with Crippen molar-refractivity contribution >= 4 is 23.5 Å². The zero-order chi connectivity index (χ0) is 11.3. The second-order valence-electron chi connectivity index (χ2n) is 3.93. The maximum atomic E-state index is 11.4. The molecule has 0 saturated heterocycles. The average molecular weight is 233 g/mol. The highest BCUT2D eigenvalue weighted by Gasteiger charge is 2.36. The molecule has 4 nitrogen and oxygen atoms in total. The molecule has 1 fully saturated rings. The van der Waals surface area contributed by atoms with Crippen molar-refractivity contribution in [2.45, 2.75) is 44.6 Å². The van der Waals surface area contributed by atoms with Crippen LogP contribution in [0.3, 0.4) is 0 Å². The van der Waals surface area contributed by atoms with Crippen molar-refractivity contribution in [1.29, 1.82) is 0 Å². The van der Waals surface area contributed by atoms with Gasteiger partial charge in [0.25, 0.3) is 0 Å². The van der Waals surface area contributed by atoms with E-state index in [2.05, 4.69) is 10.6 Å². The average Bonchev–Trinajstić information content (AvgIpc) is 2.11. The molecule has 0 radical (unpaired) electrons. The minimum absolute atomic E-state index is 0.0780. The summed E-state index contributed by atoms with van der Waals surface area (Å²) in [6.45, 7) is 2.04. The second kappa shape index (κ2) is 5.35. The largest absolute Gasteiger partial charge is 0.332 e. The van der Waals surface area contributed by atoms with Crippen molar-refractivity contribution < 1.29 is 9.59 Å². The first-order valence-corrected chi connectivity index (χ1v) is 5.83. The Morgan fingerprint density at radius 3 is 2.47 bits per heavy atom.